The lowest BCUT2D eigenvalue weighted by molar-refractivity contribution is -0.140. The van der Waals surface area contributed by atoms with E-state index in [2.05, 4.69) is 4.74 Å². The molecule has 20 heavy (non-hydrogen) atoms. The maximum atomic E-state index is 12.3. The Morgan fingerprint density at radius 1 is 1.35 bits per heavy atom. The van der Waals surface area contributed by atoms with Crippen molar-refractivity contribution in [1.82, 2.24) is 4.31 Å². The van der Waals surface area contributed by atoms with Gasteiger partial charge in [0.25, 0.3) is 0 Å². The van der Waals surface area contributed by atoms with Gasteiger partial charge < -0.3 is 10.5 Å². The summed E-state index contributed by atoms with van der Waals surface area (Å²) in [6.07, 6.45) is 0.0180. The summed E-state index contributed by atoms with van der Waals surface area (Å²) in [6, 6.07) is 6.26. The van der Waals surface area contributed by atoms with Gasteiger partial charge in [0.15, 0.2) is 0 Å². The van der Waals surface area contributed by atoms with Crippen LogP contribution in [0.3, 0.4) is 0 Å². The van der Waals surface area contributed by atoms with Crippen LogP contribution in [0.1, 0.15) is 24.9 Å². The summed E-state index contributed by atoms with van der Waals surface area (Å²) in [6.45, 7) is 1.90. The molecule has 7 heteroatoms. The zero-order chi connectivity index (χ0) is 15.3. The fourth-order valence-electron chi connectivity index (χ4n) is 1.59. The smallest absolute Gasteiger partial charge is 0.306 e. The van der Waals surface area contributed by atoms with E-state index < -0.39 is 16.0 Å². The van der Waals surface area contributed by atoms with E-state index in [0.717, 1.165) is 9.87 Å². The van der Waals surface area contributed by atoms with Gasteiger partial charge in [0.05, 0.1) is 18.4 Å². The third-order valence-electron chi connectivity index (χ3n) is 2.97. The van der Waals surface area contributed by atoms with Gasteiger partial charge in [-0.1, -0.05) is 12.1 Å². The molecule has 2 N–H and O–H groups in total. The van der Waals surface area contributed by atoms with Gasteiger partial charge in [-0.2, -0.15) is 0 Å². The van der Waals surface area contributed by atoms with Gasteiger partial charge in [-0.3, -0.25) is 4.79 Å². The van der Waals surface area contributed by atoms with Crippen LogP contribution < -0.4 is 5.73 Å². The van der Waals surface area contributed by atoms with Crippen molar-refractivity contribution in [3.8, 4) is 0 Å². The first-order valence-electron chi connectivity index (χ1n) is 6.17. The van der Waals surface area contributed by atoms with Crippen molar-refractivity contribution in [1.29, 1.82) is 0 Å². The zero-order valence-corrected chi connectivity index (χ0v) is 12.7. The lowest BCUT2D eigenvalue weighted by atomic mass is 10.1. The van der Waals surface area contributed by atoms with Crippen LogP contribution in [0.4, 0.5) is 0 Å². The third kappa shape index (κ3) is 4.03. The summed E-state index contributed by atoms with van der Waals surface area (Å²) in [7, 11) is -0.905. The molecule has 1 unspecified atom stereocenters. The number of benzene rings is 1. The van der Waals surface area contributed by atoms with Crippen LogP contribution >= 0.6 is 0 Å². The van der Waals surface area contributed by atoms with Gasteiger partial charge in [0.1, 0.15) is 0 Å². The van der Waals surface area contributed by atoms with E-state index in [-0.39, 0.29) is 23.9 Å². The molecule has 0 bridgehead atoms. The maximum Gasteiger partial charge on any atom is 0.306 e. The highest BCUT2D eigenvalue weighted by Crippen LogP contribution is 2.17. The van der Waals surface area contributed by atoms with Crippen molar-refractivity contribution in [2.45, 2.75) is 24.3 Å². The number of carbonyl (C=O) groups is 1. The monoisotopic (exact) mass is 300 g/mol. The molecule has 1 aromatic carbocycles. The fraction of sp³-hybridized carbons (Fsp3) is 0.462. The average molecular weight is 300 g/mol. The molecule has 0 aliphatic heterocycles. The van der Waals surface area contributed by atoms with Crippen LogP contribution in [-0.2, 0) is 19.6 Å². The predicted octanol–water partition coefficient (Wildman–Crippen LogP) is 0.890. The van der Waals surface area contributed by atoms with E-state index in [9.17, 15) is 13.2 Å². The average Bonchev–Trinajstić information content (AvgIpc) is 2.44. The first-order chi connectivity index (χ1) is 9.28. The molecule has 1 aromatic rings. The topological polar surface area (TPSA) is 89.7 Å². The van der Waals surface area contributed by atoms with Crippen LogP contribution in [0.25, 0.3) is 0 Å². The molecule has 1 atom stereocenters. The SMILES string of the molecule is COC(=O)CCN(C)S(=O)(=O)c1ccc(C(C)N)cc1. The van der Waals surface area contributed by atoms with Gasteiger partial charge >= 0.3 is 5.97 Å². The third-order valence-corrected chi connectivity index (χ3v) is 4.84. The van der Waals surface area contributed by atoms with E-state index in [1.807, 2.05) is 6.92 Å². The number of nitrogens with zero attached hydrogens (tertiary/aromatic N) is 1. The van der Waals surface area contributed by atoms with Crippen LogP contribution in [-0.4, -0.2) is 39.4 Å². The summed E-state index contributed by atoms with van der Waals surface area (Å²) in [5, 5.41) is 0. The molecule has 0 aliphatic carbocycles. The zero-order valence-electron chi connectivity index (χ0n) is 11.9. The lowest BCUT2D eigenvalue weighted by Crippen LogP contribution is -2.29. The maximum absolute atomic E-state index is 12.3. The van der Waals surface area contributed by atoms with Crippen molar-refractivity contribution >= 4 is 16.0 Å². The summed E-state index contributed by atoms with van der Waals surface area (Å²) in [5.41, 5.74) is 6.58. The van der Waals surface area contributed by atoms with E-state index >= 15 is 0 Å². The van der Waals surface area contributed by atoms with Gasteiger partial charge in [-0.25, -0.2) is 12.7 Å². The highest BCUT2D eigenvalue weighted by molar-refractivity contribution is 7.89. The van der Waals surface area contributed by atoms with E-state index in [4.69, 9.17) is 5.73 Å². The molecule has 1 rings (SSSR count). The number of hydrogen-bond donors (Lipinski definition) is 1. The van der Waals surface area contributed by atoms with Crippen LogP contribution in [0.2, 0.25) is 0 Å². The predicted molar refractivity (Wildman–Crippen MR) is 75.5 cm³/mol. The number of esters is 1. The van der Waals surface area contributed by atoms with Crippen LogP contribution in [0.5, 0.6) is 0 Å². The van der Waals surface area contributed by atoms with Crippen LogP contribution in [0.15, 0.2) is 29.2 Å². The van der Waals surface area contributed by atoms with Gasteiger partial charge in [-0.05, 0) is 24.6 Å². The minimum Gasteiger partial charge on any atom is -0.469 e. The molecular formula is C13H20N2O4S. The minimum atomic E-state index is -3.60. The second-order valence-corrected chi connectivity index (χ2v) is 6.56. The summed E-state index contributed by atoms with van der Waals surface area (Å²) >= 11 is 0. The van der Waals surface area contributed by atoms with Crippen molar-refractivity contribution in [3.63, 3.8) is 0 Å². The van der Waals surface area contributed by atoms with E-state index in [1.54, 1.807) is 12.1 Å². The molecular weight excluding hydrogens is 280 g/mol. The van der Waals surface area contributed by atoms with Crippen molar-refractivity contribution in [3.05, 3.63) is 29.8 Å². The highest BCUT2D eigenvalue weighted by atomic mass is 32.2. The summed E-state index contributed by atoms with van der Waals surface area (Å²) < 4.78 is 30.1. The second-order valence-electron chi connectivity index (χ2n) is 4.51. The number of sulfonamides is 1. The van der Waals surface area contributed by atoms with Gasteiger partial charge in [0, 0.05) is 19.6 Å². The Labute approximate surface area is 119 Å². The van der Waals surface area contributed by atoms with Crippen molar-refractivity contribution in [2.24, 2.45) is 5.73 Å². The first kappa shape index (κ1) is 16.6. The van der Waals surface area contributed by atoms with Crippen LogP contribution in [0, 0.1) is 0 Å². The quantitative estimate of drug-likeness (QED) is 0.788. The molecule has 0 saturated heterocycles. The molecule has 0 saturated carbocycles. The lowest BCUT2D eigenvalue weighted by Gasteiger charge is -2.17. The Balaban J connectivity index is 2.84. The van der Waals surface area contributed by atoms with E-state index in [1.165, 1.54) is 26.3 Å². The molecule has 0 fully saturated rings. The minimum absolute atomic E-state index is 0.0180. The summed E-state index contributed by atoms with van der Waals surface area (Å²) in [4.78, 5) is 11.2. The van der Waals surface area contributed by atoms with Gasteiger partial charge in [0.2, 0.25) is 10.0 Å². The van der Waals surface area contributed by atoms with Crippen molar-refractivity contribution < 1.29 is 17.9 Å². The normalized spacial score (nSPS) is 13.2. The number of methoxy groups -OCH3 is 1. The van der Waals surface area contributed by atoms with Gasteiger partial charge in [-0.15, -0.1) is 0 Å². The summed E-state index contributed by atoms with van der Waals surface area (Å²) in [5.74, 6) is -0.445. The Hall–Kier alpha value is -1.44. The number of hydrogen-bond acceptors (Lipinski definition) is 5. The number of ether oxygens (including phenoxy) is 1. The fourth-order valence-corrected chi connectivity index (χ4v) is 2.77. The van der Waals surface area contributed by atoms with E-state index in [0.29, 0.717) is 0 Å². The molecule has 0 amide bonds. The molecule has 6 nitrogen and oxygen atoms in total. The Morgan fingerprint density at radius 3 is 2.35 bits per heavy atom. The molecule has 0 radical (unpaired) electrons. The standard InChI is InChI=1S/C13H20N2O4S/c1-10(14)11-4-6-12(7-5-11)20(17,18)15(2)9-8-13(16)19-3/h4-7,10H,8-9,14H2,1-3H3. The molecule has 0 aliphatic rings. The Kier molecular flexibility index (Phi) is 5.67. The molecule has 0 aromatic heterocycles. The Morgan fingerprint density at radius 2 is 1.90 bits per heavy atom. The number of carbonyl (C=O) groups excluding carboxylic acids is 1. The highest BCUT2D eigenvalue weighted by Gasteiger charge is 2.21. The second kappa shape index (κ2) is 6.83. The largest absolute Gasteiger partial charge is 0.469 e. The Bertz CT molecular complexity index is 552. The first-order valence-corrected chi connectivity index (χ1v) is 7.61. The number of rotatable bonds is 6. The molecule has 112 valence electrons. The molecule has 0 heterocycles. The molecule has 0 spiro atoms. The van der Waals surface area contributed by atoms with Crippen molar-refractivity contribution in [2.75, 3.05) is 20.7 Å². The number of nitrogens with two attached hydrogens (primary N) is 1.